The molecule has 2 aromatic rings. The zero-order chi connectivity index (χ0) is 17.0. The van der Waals surface area contributed by atoms with Crippen LogP contribution in [0.25, 0.3) is 0 Å². The standard InChI is InChI=1S/C18H24N2O2S2/c21-17(13-23-11-7-15-5-1-3-9-19-15)18(22)14-24-12-8-16-6-2-4-10-20-16/h1-6,9-10,17-18,21-22H,7-8,11-14H2/t17-,18-/m0/s1. The van der Waals surface area contributed by atoms with Crippen molar-refractivity contribution in [2.45, 2.75) is 25.0 Å². The van der Waals surface area contributed by atoms with Crippen LogP contribution in [-0.4, -0.2) is 55.4 Å². The molecule has 2 rings (SSSR count). The molecular weight excluding hydrogens is 340 g/mol. The molecule has 0 amide bonds. The molecule has 6 heteroatoms. The molecule has 130 valence electrons. The van der Waals surface area contributed by atoms with Crippen molar-refractivity contribution in [3.8, 4) is 0 Å². The number of thioether (sulfide) groups is 2. The highest BCUT2D eigenvalue weighted by atomic mass is 32.2. The van der Waals surface area contributed by atoms with Crippen LogP contribution in [0.2, 0.25) is 0 Å². The van der Waals surface area contributed by atoms with E-state index < -0.39 is 12.2 Å². The number of aliphatic hydroxyl groups is 2. The Morgan fingerprint density at radius 3 is 1.58 bits per heavy atom. The number of hydrogen-bond acceptors (Lipinski definition) is 6. The van der Waals surface area contributed by atoms with E-state index >= 15 is 0 Å². The van der Waals surface area contributed by atoms with E-state index in [1.165, 1.54) is 0 Å². The van der Waals surface area contributed by atoms with Gasteiger partial charge in [0.1, 0.15) is 0 Å². The van der Waals surface area contributed by atoms with Crippen LogP contribution in [-0.2, 0) is 12.8 Å². The van der Waals surface area contributed by atoms with Crippen molar-refractivity contribution in [3.63, 3.8) is 0 Å². The van der Waals surface area contributed by atoms with Gasteiger partial charge in [0.25, 0.3) is 0 Å². The van der Waals surface area contributed by atoms with Crippen molar-refractivity contribution < 1.29 is 10.2 Å². The van der Waals surface area contributed by atoms with Crippen molar-refractivity contribution in [1.29, 1.82) is 0 Å². The number of hydrogen-bond donors (Lipinski definition) is 2. The van der Waals surface area contributed by atoms with Gasteiger partial charge < -0.3 is 10.2 Å². The third-order valence-electron chi connectivity index (χ3n) is 3.48. The van der Waals surface area contributed by atoms with Crippen molar-refractivity contribution in [3.05, 3.63) is 60.2 Å². The first-order valence-electron chi connectivity index (χ1n) is 8.07. The summed E-state index contributed by atoms with van der Waals surface area (Å²) in [7, 11) is 0. The van der Waals surface area contributed by atoms with E-state index in [4.69, 9.17) is 0 Å². The van der Waals surface area contributed by atoms with Gasteiger partial charge in [-0.1, -0.05) is 12.1 Å². The predicted molar refractivity (Wildman–Crippen MR) is 103 cm³/mol. The summed E-state index contributed by atoms with van der Waals surface area (Å²) in [6.07, 6.45) is 3.99. The maximum Gasteiger partial charge on any atom is 0.0897 e. The molecule has 0 saturated carbocycles. The molecule has 4 nitrogen and oxygen atoms in total. The highest BCUT2D eigenvalue weighted by Crippen LogP contribution is 2.13. The lowest BCUT2D eigenvalue weighted by Crippen LogP contribution is -2.30. The van der Waals surface area contributed by atoms with E-state index in [1.807, 2.05) is 36.4 Å². The average Bonchev–Trinajstić information content (AvgIpc) is 2.63. The monoisotopic (exact) mass is 364 g/mol. The number of nitrogens with zero attached hydrogens (tertiary/aromatic N) is 2. The second-order valence-corrected chi connectivity index (χ2v) is 7.73. The normalized spacial score (nSPS) is 13.6. The van der Waals surface area contributed by atoms with Gasteiger partial charge in [0, 0.05) is 35.3 Å². The Balaban J connectivity index is 1.52. The number of aromatic nitrogens is 2. The Morgan fingerprint density at radius 1 is 0.750 bits per heavy atom. The Labute approximate surface area is 152 Å². The molecule has 24 heavy (non-hydrogen) atoms. The van der Waals surface area contributed by atoms with E-state index in [0.717, 1.165) is 35.7 Å². The fourth-order valence-corrected chi connectivity index (χ4v) is 4.04. The summed E-state index contributed by atoms with van der Waals surface area (Å²) in [6.45, 7) is 0. The molecule has 0 aliphatic rings. The Hall–Kier alpha value is -1.08. The molecule has 0 unspecified atom stereocenters. The van der Waals surface area contributed by atoms with Gasteiger partial charge in [0.15, 0.2) is 0 Å². The van der Waals surface area contributed by atoms with Crippen LogP contribution in [0.15, 0.2) is 48.8 Å². The molecule has 0 aliphatic heterocycles. The van der Waals surface area contributed by atoms with Crippen molar-refractivity contribution >= 4 is 23.5 Å². The largest absolute Gasteiger partial charge is 0.390 e. The lowest BCUT2D eigenvalue weighted by atomic mass is 10.3. The number of pyridine rings is 2. The zero-order valence-electron chi connectivity index (χ0n) is 13.6. The van der Waals surface area contributed by atoms with Crippen LogP contribution < -0.4 is 0 Å². The van der Waals surface area contributed by atoms with Gasteiger partial charge in [-0.2, -0.15) is 23.5 Å². The molecule has 0 fully saturated rings. The summed E-state index contributed by atoms with van der Waals surface area (Å²) in [5, 5.41) is 20.0. The van der Waals surface area contributed by atoms with Gasteiger partial charge in [-0.05, 0) is 48.6 Å². The average molecular weight is 365 g/mol. The summed E-state index contributed by atoms with van der Waals surface area (Å²) < 4.78 is 0. The minimum atomic E-state index is -0.680. The fourth-order valence-electron chi connectivity index (χ4n) is 2.08. The topological polar surface area (TPSA) is 66.2 Å². The number of rotatable bonds is 11. The molecule has 0 saturated heterocycles. The van der Waals surface area contributed by atoms with Crippen molar-refractivity contribution in [2.24, 2.45) is 0 Å². The molecule has 0 aliphatic carbocycles. The highest BCUT2D eigenvalue weighted by Gasteiger charge is 2.16. The first-order chi connectivity index (χ1) is 11.8. The zero-order valence-corrected chi connectivity index (χ0v) is 15.3. The van der Waals surface area contributed by atoms with E-state index in [2.05, 4.69) is 9.97 Å². The Kier molecular flexibility index (Phi) is 9.20. The third-order valence-corrected chi connectivity index (χ3v) is 5.62. The van der Waals surface area contributed by atoms with Crippen LogP contribution >= 0.6 is 23.5 Å². The van der Waals surface area contributed by atoms with Crippen LogP contribution in [0.3, 0.4) is 0 Å². The lowest BCUT2D eigenvalue weighted by molar-refractivity contribution is 0.0500. The second kappa shape index (κ2) is 11.5. The van der Waals surface area contributed by atoms with Gasteiger partial charge in [0.2, 0.25) is 0 Å². The first kappa shape index (κ1) is 19.2. The number of aryl methyl sites for hydroxylation is 2. The van der Waals surface area contributed by atoms with Gasteiger partial charge in [0.05, 0.1) is 12.2 Å². The molecule has 2 N–H and O–H groups in total. The predicted octanol–water partition coefficient (Wildman–Crippen LogP) is 2.45. The maximum absolute atomic E-state index is 10.0. The first-order valence-corrected chi connectivity index (χ1v) is 10.4. The molecule has 0 radical (unpaired) electrons. The Morgan fingerprint density at radius 2 is 1.21 bits per heavy atom. The summed E-state index contributed by atoms with van der Waals surface area (Å²) in [4.78, 5) is 8.54. The summed E-state index contributed by atoms with van der Waals surface area (Å²) in [5.41, 5.74) is 2.12. The van der Waals surface area contributed by atoms with E-state index in [0.29, 0.717) is 11.5 Å². The molecule has 2 atom stereocenters. The molecular formula is C18H24N2O2S2. The van der Waals surface area contributed by atoms with Gasteiger partial charge in [-0.15, -0.1) is 0 Å². The minimum Gasteiger partial charge on any atom is -0.390 e. The van der Waals surface area contributed by atoms with Crippen LogP contribution in [0.5, 0.6) is 0 Å². The number of aliphatic hydroxyl groups excluding tert-OH is 2. The van der Waals surface area contributed by atoms with E-state index in [1.54, 1.807) is 35.9 Å². The maximum atomic E-state index is 10.0. The summed E-state index contributed by atoms with van der Waals surface area (Å²) in [5.74, 6) is 2.89. The minimum absolute atomic E-state index is 0.550. The molecule has 2 heterocycles. The quantitative estimate of drug-likeness (QED) is 0.597. The van der Waals surface area contributed by atoms with Gasteiger partial charge in [-0.25, -0.2) is 0 Å². The van der Waals surface area contributed by atoms with Gasteiger partial charge in [-0.3, -0.25) is 9.97 Å². The SMILES string of the molecule is O[C@@H](CSCCc1ccccn1)[C@@H](O)CSCCc1ccccn1. The molecule has 0 spiro atoms. The fraction of sp³-hybridized carbons (Fsp3) is 0.444. The van der Waals surface area contributed by atoms with Crippen LogP contribution in [0.1, 0.15) is 11.4 Å². The lowest BCUT2D eigenvalue weighted by Gasteiger charge is -2.17. The smallest absolute Gasteiger partial charge is 0.0897 e. The molecule has 2 aromatic heterocycles. The highest BCUT2D eigenvalue weighted by molar-refractivity contribution is 7.99. The van der Waals surface area contributed by atoms with E-state index in [9.17, 15) is 10.2 Å². The van der Waals surface area contributed by atoms with Crippen molar-refractivity contribution in [1.82, 2.24) is 9.97 Å². The van der Waals surface area contributed by atoms with Crippen molar-refractivity contribution in [2.75, 3.05) is 23.0 Å². The molecule has 0 aromatic carbocycles. The summed E-state index contributed by atoms with van der Waals surface area (Å²) >= 11 is 3.30. The van der Waals surface area contributed by atoms with Gasteiger partial charge >= 0.3 is 0 Å². The Bertz CT molecular complexity index is 506. The van der Waals surface area contributed by atoms with E-state index in [-0.39, 0.29) is 0 Å². The second-order valence-electron chi connectivity index (χ2n) is 5.43. The van der Waals surface area contributed by atoms with Crippen LogP contribution in [0.4, 0.5) is 0 Å². The third kappa shape index (κ3) is 7.66. The van der Waals surface area contributed by atoms with Crippen LogP contribution in [0, 0.1) is 0 Å². The molecule has 0 bridgehead atoms. The summed E-state index contributed by atoms with van der Waals surface area (Å²) in [6, 6.07) is 11.8.